The fourth-order valence-electron chi connectivity index (χ4n) is 0.985. The Balaban J connectivity index is 4.05. The highest BCUT2D eigenvalue weighted by Gasteiger charge is 2.18. The predicted molar refractivity (Wildman–Crippen MR) is 70.4 cm³/mol. The second-order valence-corrected chi connectivity index (χ2v) is 6.80. The van der Waals surface area contributed by atoms with Crippen molar-refractivity contribution in [1.82, 2.24) is 4.72 Å². The molecular formula is C10H22BrNO3S. The molecule has 6 heteroatoms. The number of ether oxygens (including phenoxy) is 1. The summed E-state index contributed by atoms with van der Waals surface area (Å²) in [5, 5.41) is 0.777. The summed E-state index contributed by atoms with van der Waals surface area (Å²) >= 11 is 3.34. The smallest absolute Gasteiger partial charge is 0.214 e. The maximum atomic E-state index is 11.6. The maximum Gasteiger partial charge on any atom is 0.214 e. The molecule has 0 heterocycles. The van der Waals surface area contributed by atoms with Crippen molar-refractivity contribution in [3.63, 3.8) is 0 Å². The van der Waals surface area contributed by atoms with E-state index in [2.05, 4.69) is 20.7 Å². The molecule has 4 nitrogen and oxygen atoms in total. The van der Waals surface area contributed by atoms with Crippen molar-refractivity contribution in [2.45, 2.75) is 39.8 Å². The number of hydrogen-bond acceptors (Lipinski definition) is 3. The fraction of sp³-hybridized carbons (Fsp3) is 1.00. The Bertz CT molecular complexity index is 280. The molecule has 0 radical (unpaired) electrons. The van der Waals surface area contributed by atoms with Gasteiger partial charge in [0, 0.05) is 11.4 Å². The molecular weight excluding hydrogens is 294 g/mol. The van der Waals surface area contributed by atoms with E-state index in [4.69, 9.17) is 4.74 Å². The molecule has 2 unspecified atom stereocenters. The van der Waals surface area contributed by atoms with Gasteiger partial charge in [-0.3, -0.25) is 0 Å². The van der Waals surface area contributed by atoms with Gasteiger partial charge in [0.05, 0.1) is 18.5 Å². The van der Waals surface area contributed by atoms with Gasteiger partial charge < -0.3 is 4.74 Å². The Labute approximate surface area is 107 Å². The monoisotopic (exact) mass is 315 g/mol. The molecule has 0 aliphatic heterocycles. The molecule has 0 fully saturated rings. The molecule has 0 bridgehead atoms. The highest BCUT2D eigenvalue weighted by molar-refractivity contribution is 9.09. The zero-order valence-corrected chi connectivity index (χ0v) is 12.8. The molecule has 0 aromatic heterocycles. The maximum absolute atomic E-state index is 11.6. The van der Waals surface area contributed by atoms with E-state index in [0.717, 1.165) is 5.33 Å². The van der Waals surface area contributed by atoms with E-state index in [9.17, 15) is 8.42 Å². The second kappa shape index (κ2) is 7.63. The third-order valence-corrected chi connectivity index (χ3v) is 4.72. The second-order valence-electron chi connectivity index (χ2n) is 4.28. The van der Waals surface area contributed by atoms with Crippen molar-refractivity contribution in [1.29, 1.82) is 0 Å². The average molecular weight is 316 g/mol. The first-order chi connectivity index (χ1) is 7.28. The first-order valence-corrected chi connectivity index (χ1v) is 8.23. The number of nitrogens with one attached hydrogen (secondary N) is 1. The first kappa shape index (κ1) is 16.4. The molecule has 0 spiro atoms. The van der Waals surface area contributed by atoms with Crippen LogP contribution in [-0.4, -0.2) is 38.3 Å². The van der Waals surface area contributed by atoms with Crippen molar-refractivity contribution < 1.29 is 13.2 Å². The average Bonchev–Trinajstić information content (AvgIpc) is 2.14. The number of hydrogen-bond donors (Lipinski definition) is 1. The van der Waals surface area contributed by atoms with E-state index in [1.807, 2.05) is 27.7 Å². The van der Waals surface area contributed by atoms with Gasteiger partial charge in [0.25, 0.3) is 0 Å². The molecule has 98 valence electrons. The normalized spacial score (nSPS) is 16.4. The van der Waals surface area contributed by atoms with Crippen molar-refractivity contribution in [2.24, 2.45) is 5.92 Å². The number of rotatable bonds is 8. The third-order valence-electron chi connectivity index (χ3n) is 2.27. The standard InChI is InChI=1S/C10H22BrNO3S/c1-8(2)15-5-6-16(13,14)12-10(4)9(3)7-11/h8-10,12H,5-7H2,1-4H3. The Kier molecular flexibility index (Phi) is 7.80. The topological polar surface area (TPSA) is 55.4 Å². The van der Waals surface area contributed by atoms with Gasteiger partial charge in [-0.25, -0.2) is 13.1 Å². The van der Waals surface area contributed by atoms with Crippen molar-refractivity contribution in [3.05, 3.63) is 0 Å². The van der Waals surface area contributed by atoms with Crippen molar-refractivity contribution in [3.8, 4) is 0 Å². The van der Waals surface area contributed by atoms with Crippen molar-refractivity contribution in [2.75, 3.05) is 17.7 Å². The summed E-state index contributed by atoms with van der Waals surface area (Å²) in [5.74, 6) is 0.283. The predicted octanol–water partition coefficient (Wildman–Crippen LogP) is 1.75. The molecule has 0 rings (SSSR count). The van der Waals surface area contributed by atoms with Crippen molar-refractivity contribution >= 4 is 26.0 Å². The van der Waals surface area contributed by atoms with E-state index >= 15 is 0 Å². The molecule has 0 aromatic carbocycles. The Morgan fingerprint density at radius 2 is 1.81 bits per heavy atom. The number of alkyl halides is 1. The van der Waals surface area contributed by atoms with Crippen LogP contribution in [0.15, 0.2) is 0 Å². The molecule has 0 saturated heterocycles. The lowest BCUT2D eigenvalue weighted by atomic mass is 10.1. The molecule has 0 aliphatic carbocycles. The van der Waals surface area contributed by atoms with Gasteiger partial charge in [0.2, 0.25) is 10.0 Å². The van der Waals surface area contributed by atoms with Crippen LogP contribution in [0.25, 0.3) is 0 Å². The highest BCUT2D eigenvalue weighted by atomic mass is 79.9. The largest absolute Gasteiger partial charge is 0.378 e. The lowest BCUT2D eigenvalue weighted by Gasteiger charge is -2.19. The SMILES string of the molecule is CC(C)OCCS(=O)(=O)NC(C)C(C)CBr. The molecule has 0 aliphatic rings. The van der Waals surface area contributed by atoms with Crippen LogP contribution in [0.5, 0.6) is 0 Å². The summed E-state index contributed by atoms with van der Waals surface area (Å²) in [4.78, 5) is 0. The summed E-state index contributed by atoms with van der Waals surface area (Å²) in [7, 11) is -3.23. The van der Waals surface area contributed by atoms with E-state index in [0.29, 0.717) is 0 Å². The summed E-state index contributed by atoms with van der Waals surface area (Å²) in [6.45, 7) is 7.87. The van der Waals surface area contributed by atoms with Gasteiger partial charge in [-0.05, 0) is 26.7 Å². The minimum absolute atomic E-state index is 0.0184. The van der Waals surface area contributed by atoms with E-state index in [-0.39, 0.29) is 30.4 Å². The molecule has 0 amide bonds. The van der Waals surface area contributed by atoms with Crippen LogP contribution in [-0.2, 0) is 14.8 Å². The zero-order chi connectivity index (χ0) is 12.8. The Hall–Kier alpha value is 0.350. The van der Waals surface area contributed by atoms with E-state index < -0.39 is 10.0 Å². The zero-order valence-electron chi connectivity index (χ0n) is 10.4. The number of halogens is 1. The summed E-state index contributed by atoms with van der Waals surface area (Å²) < 4.78 is 31.1. The number of sulfonamides is 1. The molecule has 0 aromatic rings. The van der Waals surface area contributed by atoms with Crippen LogP contribution in [0.2, 0.25) is 0 Å². The van der Waals surface area contributed by atoms with Gasteiger partial charge in [0.1, 0.15) is 0 Å². The van der Waals surface area contributed by atoms with Crippen LogP contribution in [0, 0.1) is 5.92 Å². The highest BCUT2D eigenvalue weighted by Crippen LogP contribution is 2.07. The minimum Gasteiger partial charge on any atom is -0.378 e. The Morgan fingerprint density at radius 3 is 2.25 bits per heavy atom. The van der Waals surface area contributed by atoms with Crippen LogP contribution >= 0.6 is 15.9 Å². The summed E-state index contributed by atoms with van der Waals surface area (Å²) in [6.07, 6.45) is 0.0640. The lowest BCUT2D eigenvalue weighted by molar-refractivity contribution is 0.0911. The fourth-order valence-corrected chi connectivity index (χ4v) is 2.78. The van der Waals surface area contributed by atoms with Crippen LogP contribution in [0.3, 0.4) is 0 Å². The van der Waals surface area contributed by atoms with Gasteiger partial charge >= 0.3 is 0 Å². The molecule has 0 saturated carbocycles. The van der Waals surface area contributed by atoms with Crippen LogP contribution < -0.4 is 4.72 Å². The van der Waals surface area contributed by atoms with Gasteiger partial charge in [-0.1, -0.05) is 22.9 Å². The van der Waals surface area contributed by atoms with Crippen LogP contribution in [0.4, 0.5) is 0 Å². The molecule has 1 N–H and O–H groups in total. The first-order valence-electron chi connectivity index (χ1n) is 5.46. The molecule has 16 heavy (non-hydrogen) atoms. The van der Waals surface area contributed by atoms with Gasteiger partial charge in [0.15, 0.2) is 0 Å². The minimum atomic E-state index is -3.23. The van der Waals surface area contributed by atoms with Gasteiger partial charge in [-0.2, -0.15) is 0 Å². The Morgan fingerprint density at radius 1 is 1.25 bits per heavy atom. The summed E-state index contributed by atoms with van der Waals surface area (Å²) in [5.41, 5.74) is 0. The van der Waals surface area contributed by atoms with E-state index in [1.165, 1.54) is 0 Å². The quantitative estimate of drug-likeness (QED) is 0.694. The van der Waals surface area contributed by atoms with E-state index in [1.54, 1.807) is 0 Å². The lowest BCUT2D eigenvalue weighted by Crippen LogP contribution is -2.39. The molecule has 2 atom stereocenters. The van der Waals surface area contributed by atoms with Gasteiger partial charge in [-0.15, -0.1) is 0 Å². The van der Waals surface area contributed by atoms with Crippen LogP contribution in [0.1, 0.15) is 27.7 Å². The summed E-state index contributed by atoms with van der Waals surface area (Å²) in [6, 6.07) is -0.0663. The third kappa shape index (κ3) is 7.60.